The summed E-state index contributed by atoms with van der Waals surface area (Å²) in [6.07, 6.45) is 1.59. The maximum atomic E-state index is 11.0. The second kappa shape index (κ2) is 3.98. The van der Waals surface area contributed by atoms with E-state index in [9.17, 15) is 4.79 Å². The molecule has 0 unspecified atom stereocenters. The van der Waals surface area contributed by atoms with Crippen molar-refractivity contribution in [3.8, 4) is 11.3 Å². The first-order valence-corrected chi connectivity index (χ1v) is 4.59. The van der Waals surface area contributed by atoms with E-state index < -0.39 is 5.97 Å². The zero-order valence-electron chi connectivity index (χ0n) is 8.29. The van der Waals surface area contributed by atoms with Crippen LogP contribution in [0.5, 0.6) is 0 Å². The molecule has 2 aromatic heterocycles. The molecule has 0 bridgehead atoms. The number of rotatable bonds is 2. The van der Waals surface area contributed by atoms with Gasteiger partial charge in [0.2, 0.25) is 0 Å². The van der Waals surface area contributed by atoms with Crippen LogP contribution in [0.1, 0.15) is 10.5 Å². The Balaban J connectivity index is 2.61. The summed E-state index contributed by atoms with van der Waals surface area (Å²) in [6.45, 7) is 0. The molecule has 16 heavy (non-hydrogen) atoms. The number of hydrogen-bond acceptors (Lipinski definition) is 4. The molecule has 3 N–H and O–H groups in total. The fraction of sp³-hybridized carbons (Fsp3) is 0. The van der Waals surface area contributed by atoms with E-state index in [1.807, 2.05) is 0 Å². The van der Waals surface area contributed by atoms with Gasteiger partial charge in [-0.1, -0.05) is 6.07 Å². The number of carboxylic acids is 1. The first kappa shape index (κ1) is 10.1. The van der Waals surface area contributed by atoms with Crippen molar-refractivity contribution in [2.45, 2.75) is 0 Å². The van der Waals surface area contributed by atoms with Crippen molar-refractivity contribution in [2.75, 3.05) is 5.73 Å². The van der Waals surface area contributed by atoms with Gasteiger partial charge in [0, 0.05) is 11.8 Å². The zero-order chi connectivity index (χ0) is 11.5. The van der Waals surface area contributed by atoms with E-state index in [0.29, 0.717) is 11.3 Å². The summed E-state index contributed by atoms with van der Waals surface area (Å²) in [5.74, 6) is -0.940. The Hall–Kier alpha value is -2.43. The lowest BCUT2D eigenvalue weighted by Crippen LogP contribution is -2.05. The van der Waals surface area contributed by atoms with Crippen LogP contribution < -0.4 is 5.73 Å². The number of hydrogen-bond donors (Lipinski definition) is 2. The summed E-state index contributed by atoms with van der Waals surface area (Å²) in [5.41, 5.74) is 6.39. The standard InChI is InChI=1S/C11H9N3O2/c12-9-5-4-7(10(14-9)11(15)16)8-3-1-2-6-13-8/h1-6H,(H2,12,14)(H,15,16). The van der Waals surface area contributed by atoms with Crippen LogP contribution >= 0.6 is 0 Å². The molecule has 0 radical (unpaired) electrons. The molecule has 5 nitrogen and oxygen atoms in total. The van der Waals surface area contributed by atoms with Crippen LogP contribution in [0.25, 0.3) is 11.3 Å². The maximum absolute atomic E-state index is 11.0. The van der Waals surface area contributed by atoms with Gasteiger partial charge in [-0.25, -0.2) is 9.78 Å². The van der Waals surface area contributed by atoms with Gasteiger partial charge < -0.3 is 10.8 Å². The third kappa shape index (κ3) is 1.83. The minimum atomic E-state index is -1.12. The molecule has 0 atom stereocenters. The van der Waals surface area contributed by atoms with Gasteiger partial charge in [0.15, 0.2) is 5.69 Å². The van der Waals surface area contributed by atoms with Crippen LogP contribution in [0.2, 0.25) is 0 Å². The van der Waals surface area contributed by atoms with Gasteiger partial charge in [-0.15, -0.1) is 0 Å². The molecule has 0 aliphatic heterocycles. The lowest BCUT2D eigenvalue weighted by Gasteiger charge is -2.04. The second-order valence-electron chi connectivity index (χ2n) is 3.15. The molecule has 5 heteroatoms. The van der Waals surface area contributed by atoms with Gasteiger partial charge in [-0.05, 0) is 24.3 Å². The van der Waals surface area contributed by atoms with Crippen LogP contribution in [0.4, 0.5) is 5.82 Å². The Bertz CT molecular complexity index is 526. The molecule has 0 spiro atoms. The fourth-order valence-electron chi connectivity index (χ4n) is 1.37. The summed E-state index contributed by atoms with van der Waals surface area (Å²) in [7, 11) is 0. The van der Waals surface area contributed by atoms with E-state index in [0.717, 1.165) is 0 Å². The Morgan fingerprint density at radius 3 is 2.69 bits per heavy atom. The highest BCUT2D eigenvalue weighted by molar-refractivity contribution is 5.93. The SMILES string of the molecule is Nc1ccc(-c2ccccn2)c(C(=O)O)n1. The largest absolute Gasteiger partial charge is 0.476 e. The Labute approximate surface area is 91.6 Å². The summed E-state index contributed by atoms with van der Waals surface area (Å²) in [5, 5.41) is 9.01. The highest BCUT2D eigenvalue weighted by Gasteiger charge is 2.14. The molecule has 0 fully saturated rings. The van der Waals surface area contributed by atoms with Gasteiger partial charge in [0.1, 0.15) is 5.82 Å². The van der Waals surface area contributed by atoms with E-state index in [2.05, 4.69) is 9.97 Å². The molecule has 2 aromatic rings. The molecular weight excluding hydrogens is 206 g/mol. The molecule has 2 heterocycles. The van der Waals surface area contributed by atoms with Crippen molar-refractivity contribution in [3.63, 3.8) is 0 Å². The number of aromatic nitrogens is 2. The highest BCUT2D eigenvalue weighted by atomic mass is 16.4. The molecule has 0 saturated heterocycles. The van der Waals surface area contributed by atoms with Gasteiger partial charge in [-0.2, -0.15) is 0 Å². The Kier molecular flexibility index (Phi) is 2.51. The van der Waals surface area contributed by atoms with Crippen molar-refractivity contribution in [1.29, 1.82) is 0 Å². The second-order valence-corrected chi connectivity index (χ2v) is 3.15. The first-order chi connectivity index (χ1) is 7.68. The molecule has 0 aromatic carbocycles. The number of nitrogens with zero attached hydrogens (tertiary/aromatic N) is 2. The minimum absolute atomic E-state index is 0.0845. The van der Waals surface area contributed by atoms with Crippen molar-refractivity contribution in [3.05, 3.63) is 42.2 Å². The van der Waals surface area contributed by atoms with E-state index in [1.54, 1.807) is 36.5 Å². The molecule has 0 aliphatic carbocycles. The quantitative estimate of drug-likeness (QED) is 0.790. The molecule has 80 valence electrons. The van der Waals surface area contributed by atoms with Crippen LogP contribution in [0.15, 0.2) is 36.5 Å². The first-order valence-electron chi connectivity index (χ1n) is 4.59. The smallest absolute Gasteiger partial charge is 0.355 e. The van der Waals surface area contributed by atoms with Crippen LogP contribution in [0.3, 0.4) is 0 Å². The number of nitrogens with two attached hydrogens (primary N) is 1. The van der Waals surface area contributed by atoms with Crippen molar-refractivity contribution in [1.82, 2.24) is 9.97 Å². The zero-order valence-corrected chi connectivity index (χ0v) is 8.29. The Morgan fingerprint density at radius 1 is 1.25 bits per heavy atom. The predicted molar refractivity (Wildman–Crippen MR) is 58.8 cm³/mol. The summed E-state index contributed by atoms with van der Waals surface area (Å²) < 4.78 is 0. The van der Waals surface area contributed by atoms with E-state index >= 15 is 0 Å². The average Bonchev–Trinajstić information content (AvgIpc) is 2.30. The molecule has 0 amide bonds. The normalized spacial score (nSPS) is 10.0. The molecule has 0 saturated carbocycles. The van der Waals surface area contributed by atoms with Gasteiger partial charge in [0.05, 0.1) is 5.69 Å². The summed E-state index contributed by atoms with van der Waals surface area (Å²) >= 11 is 0. The van der Waals surface area contributed by atoms with Crippen molar-refractivity contribution < 1.29 is 9.90 Å². The predicted octanol–water partition coefficient (Wildman–Crippen LogP) is 1.42. The maximum Gasteiger partial charge on any atom is 0.355 e. The fourth-order valence-corrected chi connectivity index (χ4v) is 1.37. The number of pyridine rings is 2. The lowest BCUT2D eigenvalue weighted by atomic mass is 10.1. The van der Waals surface area contributed by atoms with Crippen LogP contribution in [-0.2, 0) is 0 Å². The summed E-state index contributed by atoms with van der Waals surface area (Å²) in [6, 6.07) is 8.42. The van der Waals surface area contributed by atoms with E-state index in [1.165, 1.54) is 0 Å². The average molecular weight is 215 g/mol. The molecule has 0 aliphatic rings. The topological polar surface area (TPSA) is 89.1 Å². The highest BCUT2D eigenvalue weighted by Crippen LogP contribution is 2.21. The Morgan fingerprint density at radius 2 is 2.06 bits per heavy atom. The van der Waals surface area contributed by atoms with Crippen molar-refractivity contribution >= 4 is 11.8 Å². The third-order valence-electron chi connectivity index (χ3n) is 2.06. The van der Waals surface area contributed by atoms with Gasteiger partial charge in [0.25, 0.3) is 0 Å². The lowest BCUT2D eigenvalue weighted by molar-refractivity contribution is 0.0691. The number of nitrogen functional groups attached to an aromatic ring is 1. The molecular formula is C11H9N3O2. The number of carbonyl (C=O) groups is 1. The number of carboxylic acid groups (broad SMARTS) is 1. The molecule has 2 rings (SSSR count). The minimum Gasteiger partial charge on any atom is -0.476 e. The summed E-state index contributed by atoms with van der Waals surface area (Å²) in [4.78, 5) is 18.9. The number of anilines is 1. The van der Waals surface area contributed by atoms with E-state index in [-0.39, 0.29) is 11.5 Å². The number of aromatic carboxylic acids is 1. The van der Waals surface area contributed by atoms with Crippen LogP contribution in [-0.4, -0.2) is 21.0 Å². The van der Waals surface area contributed by atoms with E-state index in [4.69, 9.17) is 10.8 Å². The van der Waals surface area contributed by atoms with Gasteiger partial charge >= 0.3 is 5.97 Å². The van der Waals surface area contributed by atoms with Crippen LogP contribution in [0, 0.1) is 0 Å². The van der Waals surface area contributed by atoms with Crippen molar-refractivity contribution in [2.24, 2.45) is 0 Å². The third-order valence-corrected chi connectivity index (χ3v) is 2.06. The van der Waals surface area contributed by atoms with Gasteiger partial charge in [-0.3, -0.25) is 4.98 Å². The monoisotopic (exact) mass is 215 g/mol.